The minimum atomic E-state index is -3.24. The maximum atomic E-state index is 13.2. The maximum Gasteiger partial charge on any atom is 0.353 e. The predicted molar refractivity (Wildman–Crippen MR) is 139 cm³/mol. The smallest absolute Gasteiger partial charge is 0.353 e. The summed E-state index contributed by atoms with van der Waals surface area (Å²) in [6, 6.07) is 24.7. The molecule has 1 fully saturated rings. The van der Waals surface area contributed by atoms with Gasteiger partial charge in [0.2, 0.25) is 5.91 Å². The molecule has 0 radical (unpaired) electrons. The van der Waals surface area contributed by atoms with E-state index in [2.05, 4.69) is 10.4 Å². The molecule has 0 aliphatic carbocycles. The first kappa shape index (κ1) is 25.3. The molecule has 3 aromatic rings. The van der Waals surface area contributed by atoms with Crippen LogP contribution >= 0.6 is 18.1 Å². The molecule has 1 heterocycles. The van der Waals surface area contributed by atoms with Crippen LogP contribution in [0.15, 0.2) is 78.9 Å². The van der Waals surface area contributed by atoms with Gasteiger partial charge in [0, 0.05) is 5.75 Å². The lowest BCUT2D eigenvalue weighted by molar-refractivity contribution is -0.121. The van der Waals surface area contributed by atoms with Gasteiger partial charge in [0.25, 0.3) is 0 Å². The third kappa shape index (κ3) is 5.41. The maximum absolute atomic E-state index is 13.2. The molecule has 35 heavy (non-hydrogen) atoms. The largest absolute Gasteiger partial charge is 0.497 e. The zero-order valence-electron chi connectivity index (χ0n) is 19.9. The average Bonchev–Trinajstić information content (AvgIpc) is 3.33. The average molecular weight is 513 g/mol. The van der Waals surface area contributed by atoms with Crippen LogP contribution in [-0.2, 0) is 19.4 Å². The lowest BCUT2D eigenvalue weighted by Crippen LogP contribution is -2.53. The summed E-state index contributed by atoms with van der Waals surface area (Å²) < 4.78 is 28.9. The van der Waals surface area contributed by atoms with Crippen molar-refractivity contribution in [2.24, 2.45) is 0 Å². The second-order valence-corrected chi connectivity index (χ2v) is 12.4. The fourth-order valence-corrected chi connectivity index (χ4v) is 7.54. The van der Waals surface area contributed by atoms with Crippen LogP contribution in [-0.4, -0.2) is 38.5 Å². The lowest BCUT2D eigenvalue weighted by Gasteiger charge is -2.39. The number of carbonyl (C=O) groups excluding carboxylic acids is 1. The third-order valence-corrected chi connectivity index (χ3v) is 9.80. The van der Waals surface area contributed by atoms with Crippen molar-refractivity contribution in [2.45, 2.75) is 18.5 Å². The van der Waals surface area contributed by atoms with Gasteiger partial charge in [-0.1, -0.05) is 54.6 Å². The molecule has 1 unspecified atom stereocenters. The topological polar surface area (TPSA) is 85.9 Å². The number of methoxy groups -OCH3 is 2. The summed E-state index contributed by atoms with van der Waals surface area (Å²) in [5, 5.41) is 6.19. The van der Waals surface area contributed by atoms with Crippen LogP contribution in [0.2, 0.25) is 0 Å². The molecule has 1 amide bonds. The molecule has 1 aliphatic heterocycles. The normalized spacial score (nSPS) is 18.6. The van der Waals surface area contributed by atoms with Crippen molar-refractivity contribution in [2.75, 3.05) is 26.6 Å². The number of ether oxygens (including phenoxy) is 2. The Balaban J connectivity index is 1.82. The Morgan fingerprint density at radius 3 is 1.89 bits per heavy atom. The van der Waals surface area contributed by atoms with E-state index in [1.807, 2.05) is 78.9 Å². The van der Waals surface area contributed by atoms with E-state index in [9.17, 15) is 9.36 Å². The summed E-state index contributed by atoms with van der Waals surface area (Å²) in [4.78, 5) is 13.2. The highest BCUT2D eigenvalue weighted by Crippen LogP contribution is 2.59. The fourth-order valence-electron chi connectivity index (χ4n) is 4.16. The van der Waals surface area contributed by atoms with E-state index < -0.39 is 24.2 Å². The van der Waals surface area contributed by atoms with E-state index in [0.717, 1.165) is 39.6 Å². The van der Waals surface area contributed by atoms with E-state index >= 15 is 0 Å². The zero-order valence-corrected chi connectivity index (χ0v) is 21.6. The molecular weight excluding hydrogens is 483 g/mol. The number of benzene rings is 3. The highest BCUT2D eigenvalue weighted by molar-refractivity contribution is 8.56. The standard InChI is InChI=1S/C26H29N2O5PS/c1-19(25(29)28-34(30)33-17-18-35-34)27-26(20-7-5-4-6-8-20,21-9-13-23(31-2)14-10-21)22-11-15-24(32-3)16-12-22/h4-16,19,27H,17-18H2,1-3H3,(H,28,29,30)/t19-,34?/m0/s1. The number of nitrogens with one attached hydrogen (secondary N) is 2. The molecule has 1 saturated heterocycles. The Bertz CT molecular complexity index is 1130. The summed E-state index contributed by atoms with van der Waals surface area (Å²) in [5.74, 6) is 1.64. The highest BCUT2D eigenvalue weighted by atomic mass is 32.7. The monoisotopic (exact) mass is 512 g/mol. The van der Waals surface area contributed by atoms with Crippen LogP contribution in [0, 0.1) is 0 Å². The van der Waals surface area contributed by atoms with Gasteiger partial charge in [0.1, 0.15) is 11.5 Å². The van der Waals surface area contributed by atoms with E-state index in [4.69, 9.17) is 14.0 Å². The Kier molecular flexibility index (Phi) is 7.87. The van der Waals surface area contributed by atoms with Gasteiger partial charge in [-0.25, -0.2) is 0 Å². The van der Waals surface area contributed by atoms with Crippen LogP contribution in [0.5, 0.6) is 11.5 Å². The van der Waals surface area contributed by atoms with Crippen molar-refractivity contribution in [3.05, 3.63) is 95.6 Å². The van der Waals surface area contributed by atoms with Crippen LogP contribution in [0.1, 0.15) is 23.6 Å². The summed E-state index contributed by atoms with van der Waals surface area (Å²) in [6.45, 7) is -1.12. The first-order valence-corrected chi connectivity index (χ1v) is 14.5. The summed E-state index contributed by atoms with van der Waals surface area (Å²) in [7, 11) is 3.25. The minimum Gasteiger partial charge on any atom is -0.497 e. The van der Waals surface area contributed by atoms with Crippen LogP contribution < -0.4 is 19.9 Å². The molecule has 0 spiro atoms. The van der Waals surface area contributed by atoms with Gasteiger partial charge >= 0.3 is 6.72 Å². The molecule has 7 nitrogen and oxygen atoms in total. The SMILES string of the molecule is COc1ccc(C(N[C@@H](C)C(=O)NP2(=O)OCCS2)(c2ccccc2)c2ccc(OC)cc2)cc1. The molecule has 2 N–H and O–H groups in total. The van der Waals surface area contributed by atoms with Gasteiger partial charge in [-0.15, -0.1) is 0 Å². The molecule has 2 atom stereocenters. The summed E-state index contributed by atoms with van der Waals surface area (Å²) >= 11 is 1.15. The van der Waals surface area contributed by atoms with E-state index in [1.165, 1.54) is 0 Å². The van der Waals surface area contributed by atoms with Gasteiger partial charge in [-0.05, 0) is 59.3 Å². The molecule has 184 valence electrons. The van der Waals surface area contributed by atoms with E-state index in [-0.39, 0.29) is 0 Å². The Labute approximate surface area is 209 Å². The van der Waals surface area contributed by atoms with Crippen molar-refractivity contribution in [3.8, 4) is 11.5 Å². The minimum absolute atomic E-state index is 0.357. The fraction of sp³-hybridized carbons (Fsp3) is 0.269. The molecule has 1 aliphatic rings. The molecule has 0 bridgehead atoms. The molecule has 0 saturated carbocycles. The second-order valence-electron chi connectivity index (χ2n) is 8.08. The second kappa shape index (κ2) is 10.9. The van der Waals surface area contributed by atoms with Crippen molar-refractivity contribution in [1.29, 1.82) is 0 Å². The highest BCUT2D eigenvalue weighted by Gasteiger charge is 2.40. The molecule has 4 rings (SSSR count). The number of hydrogen-bond acceptors (Lipinski definition) is 7. The number of rotatable bonds is 9. The molecule has 0 aromatic heterocycles. The van der Waals surface area contributed by atoms with E-state index in [1.54, 1.807) is 21.1 Å². The van der Waals surface area contributed by atoms with Gasteiger partial charge in [0.15, 0.2) is 0 Å². The summed E-state index contributed by atoms with van der Waals surface area (Å²) in [6.07, 6.45) is 0. The van der Waals surface area contributed by atoms with Gasteiger partial charge < -0.3 is 14.0 Å². The number of hydrogen-bond donors (Lipinski definition) is 2. The van der Waals surface area contributed by atoms with Crippen molar-refractivity contribution in [3.63, 3.8) is 0 Å². The summed E-state index contributed by atoms with van der Waals surface area (Å²) in [5.41, 5.74) is 1.85. The Hall–Kier alpha value is -2.77. The van der Waals surface area contributed by atoms with Crippen molar-refractivity contribution in [1.82, 2.24) is 10.4 Å². The lowest BCUT2D eigenvalue weighted by atomic mass is 9.76. The first-order valence-electron chi connectivity index (χ1n) is 11.2. The van der Waals surface area contributed by atoms with Crippen molar-refractivity contribution >= 4 is 24.0 Å². The van der Waals surface area contributed by atoms with Gasteiger partial charge in [-0.2, -0.15) is 0 Å². The van der Waals surface area contributed by atoms with Gasteiger partial charge in [-0.3, -0.25) is 19.8 Å². The van der Waals surface area contributed by atoms with Gasteiger partial charge in [0.05, 0.1) is 32.4 Å². The zero-order chi connectivity index (χ0) is 24.9. The third-order valence-electron chi connectivity index (χ3n) is 5.93. The first-order chi connectivity index (χ1) is 16.9. The molecule has 9 heteroatoms. The molecular formula is C26H29N2O5PS. The van der Waals surface area contributed by atoms with Crippen LogP contribution in [0.3, 0.4) is 0 Å². The van der Waals surface area contributed by atoms with Crippen LogP contribution in [0.4, 0.5) is 0 Å². The van der Waals surface area contributed by atoms with Crippen LogP contribution in [0.25, 0.3) is 0 Å². The predicted octanol–water partition coefficient (Wildman–Crippen LogP) is 4.96. The molecule has 3 aromatic carbocycles. The van der Waals surface area contributed by atoms with Crippen molar-refractivity contribution < 1.29 is 23.4 Å². The Morgan fingerprint density at radius 2 is 1.43 bits per heavy atom. The number of carbonyl (C=O) groups is 1. The Morgan fingerprint density at radius 1 is 0.914 bits per heavy atom. The van der Waals surface area contributed by atoms with E-state index in [0.29, 0.717) is 12.4 Å². The number of amides is 1. The quantitative estimate of drug-likeness (QED) is 0.310.